The summed E-state index contributed by atoms with van der Waals surface area (Å²) in [7, 11) is 0. The molecule has 0 radical (unpaired) electrons. The van der Waals surface area contributed by atoms with Gasteiger partial charge in [0.05, 0.1) is 26.1 Å². The number of thiazole rings is 2. The molecule has 3 aromatic heterocycles. The van der Waals surface area contributed by atoms with Gasteiger partial charge in [0.2, 0.25) is 0 Å². The number of carbonyl (C=O) groups is 1. The van der Waals surface area contributed by atoms with Gasteiger partial charge in [-0.15, -0.1) is 11.3 Å². The van der Waals surface area contributed by atoms with Crippen molar-refractivity contribution < 1.29 is 4.79 Å². The van der Waals surface area contributed by atoms with E-state index in [-0.39, 0.29) is 11.6 Å². The molecule has 22 heavy (non-hydrogen) atoms. The van der Waals surface area contributed by atoms with Gasteiger partial charge in [0.15, 0.2) is 5.13 Å². The molecule has 4 rings (SSSR count). The Morgan fingerprint density at radius 3 is 2.91 bits per heavy atom. The predicted molar refractivity (Wildman–Crippen MR) is 87.5 cm³/mol. The first kappa shape index (κ1) is 13.2. The van der Waals surface area contributed by atoms with Crippen molar-refractivity contribution in [3.63, 3.8) is 0 Å². The normalized spacial score (nSPS) is 11.1. The first-order valence-corrected chi connectivity index (χ1v) is 8.08. The fourth-order valence-electron chi connectivity index (χ4n) is 2.12. The Balaban J connectivity index is 1.73. The summed E-state index contributed by atoms with van der Waals surface area (Å²) < 4.78 is 2.11. The van der Waals surface area contributed by atoms with Gasteiger partial charge in [0.25, 0.3) is 5.91 Å². The maximum absolute atomic E-state index is 12.1. The molecular weight excluding hydrogens is 318 g/mol. The van der Waals surface area contributed by atoms with Crippen LogP contribution in [-0.2, 0) is 0 Å². The van der Waals surface area contributed by atoms with Crippen LogP contribution in [0.25, 0.3) is 20.4 Å². The Bertz CT molecular complexity index is 992. The lowest BCUT2D eigenvalue weighted by molar-refractivity contribution is 0.102. The number of amides is 1. The Morgan fingerprint density at radius 2 is 2.09 bits per heavy atom. The number of nitrogens with zero attached hydrogens (tertiary/aromatic N) is 4. The van der Waals surface area contributed by atoms with E-state index < -0.39 is 0 Å². The van der Waals surface area contributed by atoms with Gasteiger partial charge >= 0.3 is 0 Å². The van der Waals surface area contributed by atoms with E-state index >= 15 is 0 Å². The van der Waals surface area contributed by atoms with Gasteiger partial charge < -0.3 is 0 Å². The largest absolute Gasteiger partial charge is 0.296 e. The molecule has 3 heterocycles. The van der Waals surface area contributed by atoms with Gasteiger partial charge in [0.1, 0.15) is 11.2 Å². The molecule has 1 amide bonds. The zero-order valence-corrected chi connectivity index (χ0v) is 13.0. The van der Waals surface area contributed by atoms with E-state index in [9.17, 15) is 4.79 Å². The maximum atomic E-state index is 12.1. The standard InChI is InChI=1S/C14H9N5OS2/c1-7-17-11-10(21-7)3-2-8-12(11)22-14(18-8)19-13(20)9-6-15-4-5-16-9/h2-6H,1H3,(H,18,19,20). The van der Waals surface area contributed by atoms with E-state index in [1.54, 1.807) is 11.3 Å². The van der Waals surface area contributed by atoms with Crippen LogP contribution in [0.5, 0.6) is 0 Å². The predicted octanol–water partition coefficient (Wildman–Crippen LogP) is 3.26. The minimum absolute atomic E-state index is 0.261. The van der Waals surface area contributed by atoms with E-state index in [0.717, 1.165) is 25.4 Å². The van der Waals surface area contributed by atoms with Gasteiger partial charge in [-0.25, -0.2) is 15.0 Å². The number of rotatable bonds is 2. The lowest BCUT2D eigenvalue weighted by Gasteiger charge is -1.98. The highest BCUT2D eigenvalue weighted by molar-refractivity contribution is 7.24. The Hall–Kier alpha value is -2.45. The van der Waals surface area contributed by atoms with Gasteiger partial charge in [-0.2, -0.15) is 0 Å². The van der Waals surface area contributed by atoms with E-state index in [4.69, 9.17) is 0 Å². The quantitative estimate of drug-likeness (QED) is 0.611. The summed E-state index contributed by atoms with van der Waals surface area (Å²) in [5, 5.41) is 4.31. The highest BCUT2D eigenvalue weighted by Crippen LogP contribution is 2.34. The lowest BCUT2D eigenvalue weighted by atomic mass is 10.3. The first-order chi connectivity index (χ1) is 10.7. The van der Waals surface area contributed by atoms with E-state index in [1.165, 1.54) is 29.9 Å². The smallest absolute Gasteiger partial charge is 0.277 e. The molecule has 0 aliphatic carbocycles. The SMILES string of the molecule is Cc1nc2c(ccc3nc(NC(=O)c4cnccn4)sc32)s1. The second kappa shape index (κ2) is 5.08. The Labute approximate surface area is 132 Å². The number of benzene rings is 1. The molecule has 0 fully saturated rings. The van der Waals surface area contributed by atoms with Crippen molar-refractivity contribution in [1.29, 1.82) is 0 Å². The minimum Gasteiger partial charge on any atom is -0.296 e. The lowest BCUT2D eigenvalue weighted by Crippen LogP contribution is -2.13. The van der Waals surface area contributed by atoms with E-state index in [1.807, 2.05) is 19.1 Å². The van der Waals surface area contributed by atoms with Crippen LogP contribution in [0.2, 0.25) is 0 Å². The monoisotopic (exact) mass is 327 g/mol. The number of fused-ring (bicyclic) bond motifs is 3. The van der Waals surface area contributed by atoms with Crippen LogP contribution in [0, 0.1) is 6.92 Å². The molecule has 0 aliphatic heterocycles. The van der Waals surface area contributed by atoms with Crippen molar-refractivity contribution in [1.82, 2.24) is 19.9 Å². The van der Waals surface area contributed by atoms with Crippen molar-refractivity contribution in [3.05, 3.63) is 41.4 Å². The summed E-state index contributed by atoms with van der Waals surface area (Å²) in [6.45, 7) is 1.98. The summed E-state index contributed by atoms with van der Waals surface area (Å²) in [6.07, 6.45) is 4.43. The molecule has 6 nitrogen and oxygen atoms in total. The second-order valence-electron chi connectivity index (χ2n) is 4.56. The average molecular weight is 327 g/mol. The van der Waals surface area contributed by atoms with Crippen LogP contribution < -0.4 is 5.32 Å². The number of nitrogens with one attached hydrogen (secondary N) is 1. The Kier molecular flexibility index (Phi) is 3.05. The molecule has 4 aromatic rings. The zero-order valence-electron chi connectivity index (χ0n) is 11.4. The highest BCUT2D eigenvalue weighted by Gasteiger charge is 2.14. The molecule has 108 valence electrons. The summed E-state index contributed by atoms with van der Waals surface area (Å²) in [6, 6.07) is 3.96. The third-order valence-electron chi connectivity index (χ3n) is 3.04. The number of aromatic nitrogens is 4. The third-order valence-corrected chi connectivity index (χ3v) is 4.97. The number of anilines is 1. The molecule has 0 saturated heterocycles. The number of aryl methyl sites for hydroxylation is 1. The average Bonchev–Trinajstić information content (AvgIpc) is 3.09. The van der Waals surface area contributed by atoms with Gasteiger partial charge in [-0.05, 0) is 19.1 Å². The molecular formula is C14H9N5OS2. The molecule has 8 heteroatoms. The molecule has 0 bridgehead atoms. The molecule has 1 N–H and O–H groups in total. The molecule has 0 unspecified atom stereocenters. The topological polar surface area (TPSA) is 80.7 Å². The van der Waals surface area contributed by atoms with Crippen LogP contribution >= 0.6 is 22.7 Å². The van der Waals surface area contributed by atoms with Crippen molar-refractivity contribution in [2.24, 2.45) is 0 Å². The third kappa shape index (κ3) is 2.22. The van der Waals surface area contributed by atoms with Crippen LogP contribution in [0.3, 0.4) is 0 Å². The number of carbonyl (C=O) groups excluding carboxylic acids is 1. The first-order valence-electron chi connectivity index (χ1n) is 6.45. The van der Waals surface area contributed by atoms with Crippen LogP contribution in [0.15, 0.2) is 30.7 Å². The van der Waals surface area contributed by atoms with Crippen LogP contribution in [0.1, 0.15) is 15.5 Å². The highest BCUT2D eigenvalue weighted by atomic mass is 32.1. The second-order valence-corrected chi connectivity index (χ2v) is 6.79. The molecule has 0 aliphatic rings. The molecule has 0 saturated carbocycles. The van der Waals surface area contributed by atoms with E-state index in [2.05, 4.69) is 25.3 Å². The summed E-state index contributed by atoms with van der Waals surface area (Å²) in [5.41, 5.74) is 2.03. The van der Waals surface area contributed by atoms with Crippen molar-refractivity contribution >= 4 is 54.1 Å². The van der Waals surface area contributed by atoms with Gasteiger partial charge in [0, 0.05) is 12.4 Å². The summed E-state index contributed by atoms with van der Waals surface area (Å²) >= 11 is 3.07. The van der Waals surface area contributed by atoms with Crippen molar-refractivity contribution in [2.45, 2.75) is 6.92 Å². The van der Waals surface area contributed by atoms with Crippen molar-refractivity contribution in [2.75, 3.05) is 5.32 Å². The fourth-order valence-corrected chi connectivity index (χ4v) is 3.97. The van der Waals surface area contributed by atoms with E-state index in [0.29, 0.717) is 5.13 Å². The number of hydrogen-bond donors (Lipinski definition) is 1. The summed E-state index contributed by atoms with van der Waals surface area (Å²) in [5.74, 6) is -0.321. The molecule has 1 aromatic carbocycles. The van der Waals surface area contributed by atoms with Crippen molar-refractivity contribution in [3.8, 4) is 0 Å². The summed E-state index contributed by atoms with van der Waals surface area (Å²) in [4.78, 5) is 28.9. The molecule has 0 spiro atoms. The maximum Gasteiger partial charge on any atom is 0.277 e. The van der Waals surface area contributed by atoms with Crippen LogP contribution in [0.4, 0.5) is 5.13 Å². The van der Waals surface area contributed by atoms with Crippen LogP contribution in [-0.4, -0.2) is 25.8 Å². The van der Waals surface area contributed by atoms with Gasteiger partial charge in [-0.3, -0.25) is 15.1 Å². The fraction of sp³-hybridized carbons (Fsp3) is 0.0714. The number of hydrogen-bond acceptors (Lipinski definition) is 7. The molecule has 0 atom stereocenters. The zero-order chi connectivity index (χ0) is 15.1. The Morgan fingerprint density at radius 1 is 1.18 bits per heavy atom. The minimum atomic E-state index is -0.321. The van der Waals surface area contributed by atoms with Gasteiger partial charge in [-0.1, -0.05) is 11.3 Å².